The highest BCUT2D eigenvalue weighted by Gasteiger charge is 2.32. The van der Waals surface area contributed by atoms with Gasteiger partial charge < -0.3 is 23.7 Å². The van der Waals surface area contributed by atoms with Crippen LogP contribution in [0.4, 0.5) is 0 Å². The standard InChI is InChI=1S/C27H26N2O3.C24H26Cl2N2O2/c1-18-25(27(30)22-9-4-7-19-6-2-3-8-21(19)22)23-10-5-11-24-26(23)29(18)20(17-32-24)16-28-12-14-31-15-13-28;1-16-18(11-14-27-12-4-3-5-13-27)20-15-17(30-2)9-10-22(20)28(16)24(29)19-7-6-8-21(25)23(19)26/h2-11,20H,12-17H2,1H3;6-10,15H,3-5,11-14H2,1-2H3/t20-;/m1./s1. The van der Waals surface area contributed by atoms with E-state index in [1.807, 2.05) is 67.6 Å². The minimum atomic E-state index is -0.167. The predicted octanol–water partition coefficient (Wildman–Crippen LogP) is 10.6. The van der Waals surface area contributed by atoms with E-state index >= 15 is 0 Å². The third-order valence-electron chi connectivity index (χ3n) is 12.9. The highest BCUT2D eigenvalue weighted by molar-refractivity contribution is 6.44. The molecule has 0 bridgehead atoms. The van der Waals surface area contributed by atoms with E-state index in [1.165, 1.54) is 24.8 Å². The molecule has 0 N–H and O–H groups in total. The Labute approximate surface area is 372 Å². The van der Waals surface area contributed by atoms with Crippen LogP contribution in [0.25, 0.3) is 32.6 Å². The van der Waals surface area contributed by atoms with Crippen LogP contribution in [0.5, 0.6) is 11.5 Å². The Morgan fingerprint density at radius 3 is 2.29 bits per heavy atom. The van der Waals surface area contributed by atoms with Crippen molar-refractivity contribution < 1.29 is 23.8 Å². The molecule has 1 atom stereocenters. The molecule has 2 saturated heterocycles. The molecule has 0 aliphatic carbocycles. The van der Waals surface area contributed by atoms with Crippen LogP contribution in [0.2, 0.25) is 10.0 Å². The number of halogens is 2. The summed E-state index contributed by atoms with van der Waals surface area (Å²) >= 11 is 12.5. The van der Waals surface area contributed by atoms with E-state index in [0.29, 0.717) is 17.2 Å². The molecule has 2 aromatic heterocycles. The maximum atomic E-state index is 14.0. The molecule has 7 aromatic rings. The topological polar surface area (TPSA) is 78.2 Å². The predicted molar refractivity (Wildman–Crippen MR) is 249 cm³/mol. The molecule has 2 fully saturated rings. The van der Waals surface area contributed by atoms with Crippen molar-refractivity contribution in [1.29, 1.82) is 0 Å². The number of ketones is 1. The third-order valence-corrected chi connectivity index (χ3v) is 13.7. The average Bonchev–Trinajstić information content (AvgIpc) is 3.77. The number of para-hydroxylation sites is 1. The van der Waals surface area contributed by atoms with Gasteiger partial charge in [0.15, 0.2) is 5.78 Å². The van der Waals surface area contributed by atoms with Gasteiger partial charge in [0.25, 0.3) is 5.91 Å². The lowest BCUT2D eigenvalue weighted by Gasteiger charge is -2.34. The van der Waals surface area contributed by atoms with Crippen molar-refractivity contribution in [2.75, 3.05) is 66.2 Å². The summed E-state index contributed by atoms with van der Waals surface area (Å²) in [6, 6.07) is 31.3. The Kier molecular flexibility index (Phi) is 12.4. The van der Waals surface area contributed by atoms with E-state index in [2.05, 4.69) is 39.5 Å². The summed E-state index contributed by atoms with van der Waals surface area (Å²) in [6.45, 7) is 12.3. The fourth-order valence-corrected chi connectivity index (χ4v) is 10.1. The number of likely N-dealkylation sites (tertiary alicyclic amines) is 1. The highest BCUT2D eigenvalue weighted by atomic mass is 35.5. The number of methoxy groups -OCH3 is 1. The fraction of sp³-hybridized carbons (Fsp3) is 0.333. The van der Waals surface area contributed by atoms with Crippen LogP contribution in [0.3, 0.4) is 0 Å². The van der Waals surface area contributed by atoms with Crippen LogP contribution in [-0.4, -0.2) is 96.8 Å². The van der Waals surface area contributed by atoms with Gasteiger partial charge in [-0.15, -0.1) is 0 Å². The van der Waals surface area contributed by atoms with E-state index < -0.39 is 0 Å². The average molecular weight is 872 g/mol. The molecule has 0 saturated carbocycles. The Balaban J connectivity index is 0.000000159. The first-order valence-electron chi connectivity index (χ1n) is 21.7. The lowest BCUT2D eigenvalue weighted by atomic mass is 9.95. The Morgan fingerprint density at radius 1 is 0.758 bits per heavy atom. The molecule has 11 heteroatoms. The van der Waals surface area contributed by atoms with Crippen LogP contribution < -0.4 is 9.47 Å². The van der Waals surface area contributed by atoms with Crippen molar-refractivity contribution in [1.82, 2.24) is 18.9 Å². The third kappa shape index (κ3) is 8.01. The van der Waals surface area contributed by atoms with Gasteiger partial charge >= 0.3 is 0 Å². The molecule has 5 aromatic carbocycles. The number of hydrogen-bond donors (Lipinski definition) is 0. The summed E-state index contributed by atoms with van der Waals surface area (Å²) in [4.78, 5) is 32.4. The van der Waals surface area contributed by atoms with Gasteiger partial charge in [0, 0.05) is 53.9 Å². The first-order valence-corrected chi connectivity index (χ1v) is 22.5. The smallest absolute Gasteiger partial charge is 0.264 e. The zero-order valence-corrected chi connectivity index (χ0v) is 37.1. The van der Waals surface area contributed by atoms with Crippen LogP contribution in [-0.2, 0) is 11.2 Å². The molecule has 320 valence electrons. The number of piperidine rings is 1. The Bertz CT molecular complexity index is 2790. The summed E-state index contributed by atoms with van der Waals surface area (Å²) < 4.78 is 21.3. The Hall–Kier alpha value is -5.16. The molecule has 0 spiro atoms. The fourth-order valence-electron chi connectivity index (χ4n) is 9.76. The van der Waals surface area contributed by atoms with Crippen molar-refractivity contribution in [2.45, 2.75) is 45.6 Å². The number of fused-ring (bicyclic) bond motifs is 2. The molecule has 62 heavy (non-hydrogen) atoms. The number of ether oxygens (including phenoxy) is 3. The minimum absolute atomic E-state index is 0.0761. The van der Waals surface area contributed by atoms with E-state index in [0.717, 1.165) is 125 Å². The quantitative estimate of drug-likeness (QED) is 0.134. The summed E-state index contributed by atoms with van der Waals surface area (Å²) in [5.41, 5.74) is 6.99. The summed E-state index contributed by atoms with van der Waals surface area (Å²) in [5, 5.41) is 4.77. The molecule has 5 heterocycles. The maximum Gasteiger partial charge on any atom is 0.264 e. The van der Waals surface area contributed by atoms with Gasteiger partial charge in [-0.2, -0.15) is 0 Å². The zero-order valence-electron chi connectivity index (χ0n) is 35.6. The van der Waals surface area contributed by atoms with E-state index in [-0.39, 0.29) is 22.8 Å². The summed E-state index contributed by atoms with van der Waals surface area (Å²) in [7, 11) is 1.66. The van der Waals surface area contributed by atoms with Crippen molar-refractivity contribution in [3.05, 3.63) is 141 Å². The summed E-state index contributed by atoms with van der Waals surface area (Å²) in [5.74, 6) is 1.56. The maximum absolute atomic E-state index is 14.0. The minimum Gasteiger partial charge on any atom is -0.497 e. The monoisotopic (exact) mass is 870 g/mol. The van der Waals surface area contributed by atoms with Gasteiger partial charge in [-0.25, -0.2) is 0 Å². The first kappa shape index (κ1) is 42.2. The molecule has 3 aliphatic rings. The number of morpholine rings is 1. The van der Waals surface area contributed by atoms with Crippen molar-refractivity contribution in [3.8, 4) is 11.5 Å². The van der Waals surface area contributed by atoms with Gasteiger partial charge in [0.1, 0.15) is 18.1 Å². The molecule has 9 nitrogen and oxygen atoms in total. The largest absolute Gasteiger partial charge is 0.497 e. The van der Waals surface area contributed by atoms with Crippen LogP contribution in [0.1, 0.15) is 68.5 Å². The van der Waals surface area contributed by atoms with Crippen molar-refractivity contribution >= 4 is 67.5 Å². The second-order valence-electron chi connectivity index (χ2n) is 16.6. The molecular weight excluding hydrogens is 819 g/mol. The van der Waals surface area contributed by atoms with Gasteiger partial charge in [-0.05, 0) is 98.9 Å². The number of carbonyl (C=O) groups is 2. The number of hydrogen-bond acceptors (Lipinski definition) is 7. The lowest BCUT2D eigenvalue weighted by Crippen LogP contribution is -2.42. The zero-order chi connectivity index (χ0) is 42.9. The molecule has 0 amide bonds. The normalized spacial score (nSPS) is 16.9. The molecule has 0 radical (unpaired) electrons. The summed E-state index contributed by atoms with van der Waals surface area (Å²) in [6.07, 6.45) is 4.74. The SMILES string of the molecule is COc1ccc2c(c1)c(CCN1CCCCC1)c(C)n2C(=O)c1cccc(Cl)c1Cl.Cc1c(C(=O)c2cccc3ccccc23)c2cccc3c2n1[C@H](CN1CCOCC1)CO3. The first-order chi connectivity index (χ1) is 30.2. The number of carbonyl (C=O) groups excluding carboxylic acids is 2. The van der Waals surface area contributed by atoms with Crippen molar-refractivity contribution in [3.63, 3.8) is 0 Å². The highest BCUT2D eigenvalue weighted by Crippen LogP contribution is 2.40. The van der Waals surface area contributed by atoms with E-state index in [9.17, 15) is 9.59 Å². The number of rotatable bonds is 9. The molecule has 3 aliphatic heterocycles. The van der Waals surface area contributed by atoms with E-state index in [4.69, 9.17) is 37.4 Å². The molecule has 0 unspecified atom stereocenters. The number of benzene rings is 5. The van der Waals surface area contributed by atoms with Gasteiger partial charge in [0.2, 0.25) is 0 Å². The van der Waals surface area contributed by atoms with Gasteiger partial charge in [-0.1, -0.05) is 90.3 Å². The molecular formula is C51H52Cl2N4O5. The van der Waals surface area contributed by atoms with Crippen LogP contribution in [0, 0.1) is 13.8 Å². The van der Waals surface area contributed by atoms with Crippen molar-refractivity contribution in [2.24, 2.45) is 0 Å². The van der Waals surface area contributed by atoms with Gasteiger partial charge in [0.05, 0.1) is 58.6 Å². The van der Waals surface area contributed by atoms with E-state index in [1.54, 1.807) is 29.9 Å². The number of nitrogens with zero attached hydrogens (tertiary/aromatic N) is 4. The second-order valence-corrected chi connectivity index (χ2v) is 17.3. The molecule has 10 rings (SSSR count). The van der Waals surface area contributed by atoms with Crippen LogP contribution >= 0.6 is 23.2 Å². The Morgan fingerprint density at radius 2 is 1.48 bits per heavy atom. The lowest BCUT2D eigenvalue weighted by molar-refractivity contribution is 0.0272. The second kappa shape index (κ2) is 18.3. The number of aromatic nitrogens is 2. The van der Waals surface area contributed by atoms with Crippen LogP contribution in [0.15, 0.2) is 97.1 Å². The van der Waals surface area contributed by atoms with Gasteiger partial charge in [-0.3, -0.25) is 19.1 Å².